The van der Waals surface area contributed by atoms with Crippen molar-refractivity contribution in [3.8, 4) is 17.3 Å². The summed E-state index contributed by atoms with van der Waals surface area (Å²) < 4.78 is 44.0. The Labute approximate surface area is 189 Å². The molecule has 1 saturated heterocycles. The van der Waals surface area contributed by atoms with Gasteiger partial charge in [-0.25, -0.2) is 15.0 Å². The Morgan fingerprint density at radius 2 is 1.85 bits per heavy atom. The Kier molecular flexibility index (Phi) is 6.57. The van der Waals surface area contributed by atoms with Gasteiger partial charge in [-0.15, -0.1) is 0 Å². The van der Waals surface area contributed by atoms with Crippen molar-refractivity contribution in [2.45, 2.75) is 32.0 Å². The maximum atomic E-state index is 13.6. The van der Waals surface area contributed by atoms with Gasteiger partial charge < -0.3 is 9.64 Å². The van der Waals surface area contributed by atoms with E-state index >= 15 is 0 Å². The zero-order valence-electron chi connectivity index (χ0n) is 18.0. The molecule has 3 aromatic rings. The van der Waals surface area contributed by atoms with Gasteiger partial charge in [-0.05, 0) is 37.0 Å². The summed E-state index contributed by atoms with van der Waals surface area (Å²) in [6, 6.07) is 10.8. The fourth-order valence-corrected chi connectivity index (χ4v) is 4.02. The molecule has 0 aliphatic carbocycles. The molecule has 2 atom stereocenters. The Balaban J connectivity index is 1.54. The number of aromatic nitrogens is 3. The van der Waals surface area contributed by atoms with Crippen molar-refractivity contribution in [1.29, 1.82) is 0 Å². The van der Waals surface area contributed by atoms with E-state index in [1.807, 2.05) is 19.1 Å². The van der Waals surface area contributed by atoms with Crippen LogP contribution in [-0.4, -0.2) is 45.0 Å². The number of likely N-dealkylation sites (tertiary alicyclic amines) is 1. The first-order chi connectivity index (χ1) is 15.8. The lowest BCUT2D eigenvalue weighted by atomic mass is 9.90. The van der Waals surface area contributed by atoms with Crippen molar-refractivity contribution in [2.24, 2.45) is 5.92 Å². The summed E-state index contributed by atoms with van der Waals surface area (Å²) in [6.45, 7) is 2.73. The lowest BCUT2D eigenvalue weighted by molar-refractivity contribution is -0.137. The van der Waals surface area contributed by atoms with Gasteiger partial charge in [0, 0.05) is 36.8 Å². The molecule has 3 heterocycles. The summed E-state index contributed by atoms with van der Waals surface area (Å²) in [5.74, 6) is 0.551. The summed E-state index contributed by atoms with van der Waals surface area (Å²) in [6.07, 6.45) is 1.31. The quantitative estimate of drug-likeness (QED) is 0.548. The average Bonchev–Trinajstić information content (AvgIpc) is 2.83. The van der Waals surface area contributed by atoms with Crippen molar-refractivity contribution in [3.63, 3.8) is 0 Å². The van der Waals surface area contributed by atoms with Crippen LogP contribution in [0, 0.1) is 5.92 Å². The van der Waals surface area contributed by atoms with Crippen LogP contribution < -0.4 is 4.74 Å². The number of amides is 1. The van der Waals surface area contributed by atoms with Crippen molar-refractivity contribution >= 4 is 5.91 Å². The normalized spacial score (nSPS) is 18.7. The van der Waals surface area contributed by atoms with Gasteiger partial charge in [0.1, 0.15) is 6.61 Å². The lowest BCUT2D eigenvalue weighted by Gasteiger charge is -2.40. The van der Waals surface area contributed by atoms with Gasteiger partial charge >= 0.3 is 6.18 Å². The molecule has 1 amide bonds. The molecule has 33 heavy (non-hydrogen) atoms. The first kappa shape index (κ1) is 22.7. The molecule has 1 aliphatic heterocycles. The number of carbonyl (C=O) groups excluding carboxylic acids is 1. The summed E-state index contributed by atoms with van der Waals surface area (Å²) in [5.41, 5.74) is 0.304. The molecule has 0 bridgehead atoms. The molecule has 1 aromatic carbocycles. The van der Waals surface area contributed by atoms with Crippen LogP contribution in [0.1, 0.15) is 35.7 Å². The molecule has 2 unspecified atom stereocenters. The maximum absolute atomic E-state index is 13.6. The average molecular weight is 456 g/mol. The van der Waals surface area contributed by atoms with Crippen molar-refractivity contribution in [1.82, 2.24) is 19.9 Å². The Bertz CT molecular complexity index is 1090. The number of hydrogen-bond donors (Lipinski definition) is 0. The van der Waals surface area contributed by atoms with Crippen LogP contribution in [-0.2, 0) is 6.18 Å². The second kappa shape index (κ2) is 9.56. The highest BCUT2D eigenvalue weighted by molar-refractivity contribution is 6.00. The minimum absolute atomic E-state index is 0.0891. The topological polar surface area (TPSA) is 68.2 Å². The number of rotatable bonds is 5. The number of hydrogen-bond acceptors (Lipinski definition) is 5. The van der Waals surface area contributed by atoms with E-state index in [1.165, 1.54) is 6.07 Å². The minimum Gasteiger partial charge on any atom is -0.475 e. The van der Waals surface area contributed by atoms with Crippen LogP contribution in [0.2, 0.25) is 0 Å². The Morgan fingerprint density at radius 3 is 2.55 bits per heavy atom. The Morgan fingerprint density at radius 1 is 1.09 bits per heavy atom. The maximum Gasteiger partial charge on any atom is 0.417 e. The third-order valence-electron chi connectivity index (χ3n) is 5.81. The van der Waals surface area contributed by atoms with E-state index in [2.05, 4.69) is 15.0 Å². The number of halogens is 3. The number of carbonyl (C=O) groups is 1. The first-order valence-corrected chi connectivity index (χ1v) is 10.7. The number of alkyl halides is 3. The van der Waals surface area contributed by atoms with Gasteiger partial charge in [0.15, 0.2) is 5.82 Å². The molecule has 2 aromatic heterocycles. The summed E-state index contributed by atoms with van der Waals surface area (Å²) in [5, 5.41) is 0. The molecule has 1 fully saturated rings. The molecule has 0 saturated carbocycles. The van der Waals surface area contributed by atoms with Gasteiger partial charge in [-0.1, -0.05) is 25.1 Å². The van der Waals surface area contributed by atoms with E-state index < -0.39 is 11.7 Å². The molecule has 1 aliphatic rings. The number of pyridine rings is 1. The fraction of sp³-hybridized carbons (Fsp3) is 0.333. The van der Waals surface area contributed by atoms with Crippen LogP contribution in [0.25, 0.3) is 11.4 Å². The van der Waals surface area contributed by atoms with Crippen LogP contribution >= 0.6 is 0 Å². The van der Waals surface area contributed by atoms with Gasteiger partial charge in [0.05, 0.1) is 17.2 Å². The van der Waals surface area contributed by atoms with E-state index in [1.54, 1.807) is 35.5 Å². The molecule has 0 spiro atoms. The molecular formula is C24H23F3N4O2. The zero-order valence-corrected chi connectivity index (χ0v) is 18.0. The molecule has 0 N–H and O–H groups in total. The number of benzene rings is 1. The monoisotopic (exact) mass is 456 g/mol. The van der Waals surface area contributed by atoms with Crippen molar-refractivity contribution in [3.05, 3.63) is 72.2 Å². The van der Waals surface area contributed by atoms with Crippen molar-refractivity contribution < 1.29 is 22.7 Å². The van der Waals surface area contributed by atoms with Gasteiger partial charge in [-0.2, -0.15) is 13.2 Å². The Hall–Kier alpha value is -3.49. The van der Waals surface area contributed by atoms with E-state index in [0.29, 0.717) is 23.5 Å². The predicted molar refractivity (Wildman–Crippen MR) is 115 cm³/mol. The molecule has 6 nitrogen and oxygen atoms in total. The van der Waals surface area contributed by atoms with Gasteiger partial charge in [0.25, 0.3) is 5.91 Å². The molecule has 172 valence electrons. The zero-order chi connectivity index (χ0) is 23.4. The van der Waals surface area contributed by atoms with Gasteiger partial charge in [-0.3, -0.25) is 4.79 Å². The lowest BCUT2D eigenvalue weighted by Crippen LogP contribution is -2.50. The van der Waals surface area contributed by atoms with Crippen LogP contribution in [0.5, 0.6) is 5.88 Å². The molecule has 4 rings (SSSR count). The molecule has 9 heteroatoms. The van der Waals surface area contributed by atoms with E-state index in [4.69, 9.17) is 4.74 Å². The largest absolute Gasteiger partial charge is 0.475 e. The highest BCUT2D eigenvalue weighted by atomic mass is 19.4. The summed E-state index contributed by atoms with van der Waals surface area (Å²) in [7, 11) is 0. The highest BCUT2D eigenvalue weighted by Gasteiger charge is 2.34. The number of piperidine rings is 1. The van der Waals surface area contributed by atoms with E-state index in [9.17, 15) is 18.0 Å². The predicted octanol–water partition coefficient (Wildman–Crippen LogP) is 4.88. The van der Waals surface area contributed by atoms with Gasteiger partial charge in [0.2, 0.25) is 5.88 Å². The summed E-state index contributed by atoms with van der Waals surface area (Å²) >= 11 is 0. The molecule has 0 radical (unpaired) electrons. The number of ether oxygens (including phenoxy) is 1. The SMILES string of the molecule is CC1CCCN(C(=O)c2ccccc2-c2ncccn2)C1COc1ccc(C(F)(F)F)cn1. The minimum atomic E-state index is -4.46. The second-order valence-electron chi connectivity index (χ2n) is 8.00. The fourth-order valence-electron chi connectivity index (χ4n) is 4.02. The van der Waals surface area contributed by atoms with Crippen LogP contribution in [0.4, 0.5) is 13.2 Å². The van der Waals surface area contributed by atoms with Crippen molar-refractivity contribution in [2.75, 3.05) is 13.2 Å². The standard InChI is InChI=1S/C24H23F3N4O2/c1-16-6-4-13-31(20(16)15-33-21-10-9-17(14-30-21)24(25,26)27)23(32)19-8-3-2-7-18(19)22-28-11-5-12-29-22/h2-3,5,7-12,14,16,20H,4,6,13,15H2,1H3. The first-order valence-electron chi connectivity index (χ1n) is 10.7. The smallest absolute Gasteiger partial charge is 0.417 e. The third kappa shape index (κ3) is 5.13. The highest BCUT2D eigenvalue weighted by Crippen LogP contribution is 2.30. The third-order valence-corrected chi connectivity index (χ3v) is 5.81. The van der Waals surface area contributed by atoms with E-state index in [-0.39, 0.29) is 30.4 Å². The number of nitrogens with zero attached hydrogens (tertiary/aromatic N) is 4. The van der Waals surface area contributed by atoms with Crippen LogP contribution in [0.15, 0.2) is 61.1 Å². The van der Waals surface area contributed by atoms with Crippen LogP contribution in [0.3, 0.4) is 0 Å². The second-order valence-corrected chi connectivity index (χ2v) is 8.00. The van der Waals surface area contributed by atoms with E-state index in [0.717, 1.165) is 25.1 Å². The summed E-state index contributed by atoms with van der Waals surface area (Å²) in [4.78, 5) is 27.7. The molecular weight excluding hydrogens is 433 g/mol.